The number of halogens is 1. The summed E-state index contributed by atoms with van der Waals surface area (Å²) in [6.07, 6.45) is 0.799. The summed E-state index contributed by atoms with van der Waals surface area (Å²) in [4.78, 5) is 17.6. The van der Waals surface area contributed by atoms with Crippen LogP contribution in [-0.2, 0) is 6.61 Å². The average molecular weight is 380 g/mol. The Balaban J connectivity index is 2.04. The second-order valence-electron chi connectivity index (χ2n) is 7.08. The van der Waals surface area contributed by atoms with E-state index in [9.17, 15) is 9.18 Å². The first-order valence-electron chi connectivity index (χ1n) is 8.59. The molecule has 0 radical (unpaired) electrons. The second-order valence-corrected chi connectivity index (χ2v) is 8.17. The molecule has 0 aliphatic heterocycles. The largest absolute Gasteiger partial charge is 0.486 e. The third kappa shape index (κ3) is 5.51. The number of nitrogens with one attached hydrogen (secondary N) is 1. The molecule has 26 heavy (non-hydrogen) atoms. The van der Waals surface area contributed by atoms with Crippen LogP contribution in [-0.4, -0.2) is 23.0 Å². The normalized spacial score (nSPS) is 13.5. The highest BCUT2D eigenvalue weighted by atomic mass is 32.1. The van der Waals surface area contributed by atoms with Gasteiger partial charge in [0.15, 0.2) is 0 Å². The van der Waals surface area contributed by atoms with E-state index in [0.717, 1.165) is 6.42 Å². The van der Waals surface area contributed by atoms with Gasteiger partial charge in [0, 0.05) is 6.54 Å². The van der Waals surface area contributed by atoms with Crippen molar-refractivity contribution in [2.75, 3.05) is 6.54 Å². The molecule has 0 saturated carbocycles. The van der Waals surface area contributed by atoms with Crippen molar-refractivity contribution in [3.8, 4) is 5.75 Å². The van der Waals surface area contributed by atoms with Crippen molar-refractivity contribution >= 4 is 17.2 Å². The summed E-state index contributed by atoms with van der Waals surface area (Å²) in [7, 11) is 0. The van der Waals surface area contributed by atoms with Crippen LogP contribution in [0, 0.1) is 18.7 Å². The van der Waals surface area contributed by atoms with Crippen LogP contribution in [0.3, 0.4) is 0 Å². The van der Waals surface area contributed by atoms with Crippen LogP contribution < -0.4 is 15.8 Å². The zero-order valence-electron chi connectivity index (χ0n) is 15.6. The maximum absolute atomic E-state index is 12.9. The van der Waals surface area contributed by atoms with Crippen molar-refractivity contribution in [2.45, 2.75) is 46.3 Å². The number of hydrogen-bond donors (Lipinski definition) is 2. The highest BCUT2D eigenvalue weighted by molar-refractivity contribution is 7.13. The van der Waals surface area contributed by atoms with Crippen LogP contribution in [0.4, 0.5) is 4.39 Å². The van der Waals surface area contributed by atoms with Crippen molar-refractivity contribution in [3.63, 3.8) is 0 Å². The molecule has 2 rings (SSSR count). The molecule has 0 spiro atoms. The van der Waals surface area contributed by atoms with Crippen LogP contribution >= 0.6 is 11.3 Å². The summed E-state index contributed by atoms with van der Waals surface area (Å²) in [5, 5.41) is 3.74. The lowest BCUT2D eigenvalue weighted by Crippen LogP contribution is -2.52. The number of hydrogen-bond acceptors (Lipinski definition) is 5. The first-order chi connectivity index (χ1) is 12.2. The summed E-state index contributed by atoms with van der Waals surface area (Å²) >= 11 is 1.30. The lowest BCUT2D eigenvalue weighted by Gasteiger charge is -2.31. The molecule has 0 saturated heterocycles. The highest BCUT2D eigenvalue weighted by Crippen LogP contribution is 2.22. The lowest BCUT2D eigenvalue weighted by molar-refractivity contribution is 0.0901. The third-order valence-electron chi connectivity index (χ3n) is 3.95. The number of amides is 1. The van der Waals surface area contributed by atoms with Gasteiger partial charge in [0.2, 0.25) is 0 Å². The van der Waals surface area contributed by atoms with Crippen LogP contribution in [0.2, 0.25) is 0 Å². The number of aromatic nitrogens is 1. The predicted octanol–water partition coefficient (Wildman–Crippen LogP) is 3.66. The Kier molecular flexibility index (Phi) is 6.72. The topological polar surface area (TPSA) is 77.2 Å². The maximum atomic E-state index is 12.9. The quantitative estimate of drug-likeness (QED) is 0.734. The third-order valence-corrected chi connectivity index (χ3v) is 5.08. The molecule has 1 unspecified atom stereocenters. The van der Waals surface area contributed by atoms with E-state index in [4.69, 9.17) is 10.5 Å². The predicted molar refractivity (Wildman–Crippen MR) is 102 cm³/mol. The molecule has 0 fully saturated rings. The Morgan fingerprint density at radius 2 is 2.04 bits per heavy atom. The van der Waals surface area contributed by atoms with Crippen LogP contribution in [0.1, 0.15) is 47.6 Å². The second kappa shape index (κ2) is 8.60. The van der Waals surface area contributed by atoms with Gasteiger partial charge >= 0.3 is 0 Å². The number of thiazole rings is 1. The Morgan fingerprint density at radius 1 is 1.38 bits per heavy atom. The molecule has 7 heteroatoms. The lowest BCUT2D eigenvalue weighted by atomic mass is 9.90. The number of aryl methyl sites for hydroxylation is 1. The van der Waals surface area contributed by atoms with Gasteiger partial charge in [-0.25, -0.2) is 9.37 Å². The van der Waals surface area contributed by atoms with Gasteiger partial charge in [-0.15, -0.1) is 11.3 Å². The van der Waals surface area contributed by atoms with Crippen molar-refractivity contribution in [1.29, 1.82) is 0 Å². The van der Waals surface area contributed by atoms with Gasteiger partial charge in [-0.05, 0) is 50.5 Å². The fraction of sp³-hybridized carbons (Fsp3) is 0.474. The molecule has 0 aliphatic rings. The van der Waals surface area contributed by atoms with Crippen LogP contribution in [0.5, 0.6) is 5.75 Å². The Labute approximate surface area is 157 Å². The number of ether oxygens (including phenoxy) is 1. The van der Waals surface area contributed by atoms with Gasteiger partial charge in [0.25, 0.3) is 5.91 Å². The summed E-state index contributed by atoms with van der Waals surface area (Å²) in [5.41, 5.74) is 6.08. The molecule has 3 N–H and O–H groups in total. The number of rotatable bonds is 8. The average Bonchev–Trinajstić information content (AvgIpc) is 2.94. The highest BCUT2D eigenvalue weighted by Gasteiger charge is 2.28. The molecule has 1 aromatic carbocycles. The Hall–Kier alpha value is -1.99. The molecule has 1 heterocycles. The Bertz CT molecular complexity index is 746. The molecule has 0 aliphatic carbocycles. The van der Waals surface area contributed by atoms with E-state index in [2.05, 4.69) is 24.1 Å². The monoisotopic (exact) mass is 379 g/mol. The van der Waals surface area contributed by atoms with E-state index in [-0.39, 0.29) is 18.3 Å². The molecule has 5 nitrogen and oxygen atoms in total. The van der Waals surface area contributed by atoms with Crippen LogP contribution in [0.25, 0.3) is 0 Å². The molecule has 1 aromatic heterocycles. The summed E-state index contributed by atoms with van der Waals surface area (Å²) < 4.78 is 18.5. The molecular formula is C19H26FN3O2S. The fourth-order valence-electron chi connectivity index (χ4n) is 2.82. The molecule has 142 valence electrons. The summed E-state index contributed by atoms with van der Waals surface area (Å²) in [5.74, 6) is 0.497. The van der Waals surface area contributed by atoms with Gasteiger partial charge in [0.05, 0.1) is 11.2 Å². The minimum absolute atomic E-state index is 0.165. The van der Waals surface area contributed by atoms with Gasteiger partial charge in [-0.3, -0.25) is 4.79 Å². The van der Waals surface area contributed by atoms with E-state index in [1.165, 1.54) is 23.5 Å². The van der Waals surface area contributed by atoms with Crippen molar-refractivity contribution in [1.82, 2.24) is 10.3 Å². The maximum Gasteiger partial charge on any atom is 0.263 e. The number of nitrogens with zero attached hydrogens (tertiary/aromatic N) is 1. The van der Waals surface area contributed by atoms with E-state index < -0.39 is 5.54 Å². The molecule has 1 atom stereocenters. The van der Waals surface area contributed by atoms with E-state index >= 15 is 0 Å². The zero-order valence-corrected chi connectivity index (χ0v) is 16.5. The minimum atomic E-state index is -0.452. The minimum Gasteiger partial charge on any atom is -0.486 e. The number of carbonyl (C=O) groups is 1. The molecular weight excluding hydrogens is 353 g/mol. The SMILES string of the molecule is Cc1nc(COc2ccc(F)cc2)sc1C(=O)NC(C)(CN)CC(C)C. The van der Waals surface area contributed by atoms with Crippen molar-refractivity contribution < 1.29 is 13.9 Å². The number of carbonyl (C=O) groups excluding carboxylic acids is 1. The van der Waals surface area contributed by atoms with Crippen molar-refractivity contribution in [3.05, 3.63) is 45.7 Å². The summed E-state index contributed by atoms with van der Waals surface area (Å²) in [6, 6.07) is 5.79. The van der Waals surface area contributed by atoms with Crippen LogP contribution in [0.15, 0.2) is 24.3 Å². The fourth-order valence-corrected chi connectivity index (χ4v) is 3.69. The smallest absolute Gasteiger partial charge is 0.263 e. The zero-order chi connectivity index (χ0) is 19.3. The standard InChI is InChI=1S/C19H26FN3O2S/c1-12(2)9-19(4,11-21)23-18(24)17-13(3)22-16(26-17)10-25-15-7-5-14(20)6-8-15/h5-8,12H,9-11,21H2,1-4H3,(H,23,24). The van der Waals surface area contributed by atoms with Crippen molar-refractivity contribution in [2.24, 2.45) is 11.7 Å². The number of nitrogens with two attached hydrogens (primary N) is 1. The summed E-state index contributed by atoms with van der Waals surface area (Å²) in [6.45, 7) is 8.56. The number of benzene rings is 1. The van der Waals surface area contributed by atoms with Gasteiger partial charge in [0.1, 0.15) is 28.1 Å². The van der Waals surface area contributed by atoms with Gasteiger partial charge < -0.3 is 15.8 Å². The first-order valence-corrected chi connectivity index (χ1v) is 9.41. The van der Waals surface area contributed by atoms with Gasteiger partial charge in [-0.1, -0.05) is 13.8 Å². The van der Waals surface area contributed by atoms with E-state index in [1.54, 1.807) is 19.1 Å². The molecule has 1 amide bonds. The first kappa shape index (κ1) is 20.3. The Morgan fingerprint density at radius 3 is 2.62 bits per heavy atom. The van der Waals surface area contributed by atoms with E-state index in [1.807, 2.05) is 6.92 Å². The molecule has 0 bridgehead atoms. The molecule has 2 aromatic rings. The van der Waals surface area contributed by atoms with Gasteiger partial charge in [-0.2, -0.15) is 0 Å². The van der Waals surface area contributed by atoms with E-state index in [0.29, 0.717) is 33.8 Å².